The smallest absolute Gasteiger partial charge is 0.424 e. The summed E-state index contributed by atoms with van der Waals surface area (Å²) >= 11 is 0. The molecule has 0 saturated carbocycles. The lowest BCUT2D eigenvalue weighted by Crippen LogP contribution is -2.41. The first-order valence-electron chi connectivity index (χ1n) is 17.0. The number of aromatic nitrogens is 3. The van der Waals surface area contributed by atoms with Crippen molar-refractivity contribution in [1.82, 2.24) is 14.6 Å². The highest BCUT2D eigenvalue weighted by atomic mass is 32.2. The van der Waals surface area contributed by atoms with Crippen LogP contribution in [-0.4, -0.2) is 66.7 Å². The van der Waals surface area contributed by atoms with Gasteiger partial charge in [0.2, 0.25) is 12.2 Å². The average molecular weight is 761 g/mol. The van der Waals surface area contributed by atoms with Gasteiger partial charge in [0.1, 0.15) is 17.6 Å². The topological polar surface area (TPSA) is 185 Å². The van der Waals surface area contributed by atoms with E-state index in [1.807, 2.05) is 19.1 Å². The molecule has 3 aromatic carbocycles. The zero-order valence-corrected chi connectivity index (χ0v) is 31.3. The Morgan fingerprint density at radius 3 is 2.24 bits per heavy atom. The minimum Gasteiger partial charge on any atom is -0.495 e. The first-order valence-corrected chi connectivity index (χ1v) is 18.9. The number of sulfone groups is 1. The summed E-state index contributed by atoms with van der Waals surface area (Å²) in [4.78, 5) is 44.7. The molecule has 0 aliphatic heterocycles. The van der Waals surface area contributed by atoms with E-state index in [0.29, 0.717) is 23.3 Å². The third-order valence-electron chi connectivity index (χ3n) is 8.85. The van der Waals surface area contributed by atoms with Gasteiger partial charge in [-0.15, -0.1) is 5.10 Å². The number of esters is 1. The molecule has 2 heterocycles. The van der Waals surface area contributed by atoms with Crippen molar-refractivity contribution in [3.63, 3.8) is 0 Å². The number of methoxy groups -OCH3 is 1. The Labute approximate surface area is 312 Å². The summed E-state index contributed by atoms with van der Waals surface area (Å²) in [6.07, 6.45) is 0.928. The van der Waals surface area contributed by atoms with Gasteiger partial charge in [-0.1, -0.05) is 44.5 Å². The number of nitrogens with two attached hydrogens (primary N) is 1. The molecule has 0 aliphatic carbocycles. The number of carbonyl (C=O) groups is 3. The first-order chi connectivity index (χ1) is 25.6. The molecule has 0 saturated heterocycles. The lowest BCUT2D eigenvalue weighted by molar-refractivity contribution is -0.167. The number of halogens is 1. The Hall–Kier alpha value is -5.87. The Kier molecular flexibility index (Phi) is 12.0. The van der Waals surface area contributed by atoms with E-state index < -0.39 is 40.1 Å². The van der Waals surface area contributed by atoms with Gasteiger partial charge < -0.3 is 25.3 Å². The summed E-state index contributed by atoms with van der Waals surface area (Å²) in [5.74, 6) is -2.23. The second kappa shape index (κ2) is 16.4. The summed E-state index contributed by atoms with van der Waals surface area (Å²) in [5, 5.41) is 7.41. The molecule has 14 nitrogen and oxygen atoms in total. The van der Waals surface area contributed by atoms with Crippen LogP contribution >= 0.6 is 0 Å². The number of benzene rings is 3. The van der Waals surface area contributed by atoms with Crippen LogP contribution in [-0.2, 0) is 28.9 Å². The molecule has 0 fully saturated rings. The molecule has 3 N–H and O–H groups in total. The van der Waals surface area contributed by atoms with Gasteiger partial charge in [0.05, 0.1) is 23.6 Å². The Bertz CT molecular complexity index is 2260. The summed E-state index contributed by atoms with van der Waals surface area (Å²) in [5.41, 5.74) is 9.13. The van der Waals surface area contributed by atoms with Crippen molar-refractivity contribution in [1.29, 1.82) is 0 Å². The highest BCUT2D eigenvalue weighted by Crippen LogP contribution is 2.36. The van der Waals surface area contributed by atoms with Crippen molar-refractivity contribution in [2.45, 2.75) is 57.3 Å². The van der Waals surface area contributed by atoms with Gasteiger partial charge in [0.15, 0.2) is 15.5 Å². The highest BCUT2D eigenvalue weighted by Gasteiger charge is 2.31. The molecule has 2 aromatic heterocycles. The molecule has 54 heavy (non-hydrogen) atoms. The summed E-state index contributed by atoms with van der Waals surface area (Å²) < 4.78 is 55.7. The second-order valence-corrected chi connectivity index (χ2v) is 14.7. The number of nitrogens with one attached hydrogen (secondary N) is 1. The van der Waals surface area contributed by atoms with Gasteiger partial charge in [-0.2, -0.15) is 4.98 Å². The van der Waals surface area contributed by atoms with Gasteiger partial charge >= 0.3 is 12.1 Å². The largest absolute Gasteiger partial charge is 0.495 e. The molecule has 0 spiro atoms. The van der Waals surface area contributed by atoms with Crippen LogP contribution in [0, 0.1) is 11.7 Å². The van der Waals surface area contributed by atoms with Crippen molar-refractivity contribution < 1.29 is 41.4 Å². The predicted octanol–water partition coefficient (Wildman–Crippen LogP) is 6.23. The first kappa shape index (κ1) is 39.3. The molecule has 2 amide bonds. The van der Waals surface area contributed by atoms with Crippen LogP contribution in [0.25, 0.3) is 16.8 Å². The SMILES string of the molecule is CC[C@H](C)[C@H](N)C(=O)OC(C)OC(=O)N(c1nc2ccc(-c3ccc(NC(=O)[C@H](C)c4ccc(F)cc4)cc3)cn2n1)c1ccc(S(C)(=O)=O)cc1OC. The molecular formula is C38H41FN6O8S. The fourth-order valence-electron chi connectivity index (χ4n) is 5.34. The number of pyridine rings is 1. The van der Waals surface area contributed by atoms with Crippen LogP contribution in [0.1, 0.15) is 45.6 Å². The van der Waals surface area contributed by atoms with Crippen molar-refractivity contribution in [3.8, 4) is 16.9 Å². The van der Waals surface area contributed by atoms with Gasteiger partial charge in [0.25, 0.3) is 5.95 Å². The Morgan fingerprint density at radius 1 is 0.944 bits per heavy atom. The van der Waals surface area contributed by atoms with E-state index in [9.17, 15) is 27.2 Å². The zero-order valence-electron chi connectivity index (χ0n) is 30.5. The number of amides is 2. The maximum absolute atomic E-state index is 13.8. The lowest BCUT2D eigenvalue weighted by Gasteiger charge is -2.24. The maximum Gasteiger partial charge on any atom is 0.424 e. The molecule has 0 aliphatic rings. The van der Waals surface area contributed by atoms with Gasteiger partial charge in [0, 0.05) is 36.7 Å². The summed E-state index contributed by atoms with van der Waals surface area (Å²) in [7, 11) is -2.33. The zero-order chi connectivity index (χ0) is 39.3. The number of hydrogen-bond donors (Lipinski definition) is 2. The van der Waals surface area contributed by atoms with E-state index in [2.05, 4.69) is 15.4 Å². The number of rotatable bonds is 13. The molecule has 5 aromatic rings. The van der Waals surface area contributed by atoms with Gasteiger partial charge in [-0.05, 0) is 72.5 Å². The number of nitrogens with zero attached hydrogens (tertiary/aromatic N) is 4. The van der Waals surface area contributed by atoms with Crippen molar-refractivity contribution in [2.24, 2.45) is 11.7 Å². The third-order valence-corrected chi connectivity index (χ3v) is 9.96. The summed E-state index contributed by atoms with van der Waals surface area (Å²) in [6.45, 7) is 6.77. The van der Waals surface area contributed by atoms with Crippen molar-refractivity contribution in [2.75, 3.05) is 23.6 Å². The van der Waals surface area contributed by atoms with Crippen molar-refractivity contribution in [3.05, 3.63) is 96.4 Å². The molecule has 0 bridgehead atoms. The number of anilines is 3. The second-order valence-electron chi connectivity index (χ2n) is 12.7. The fourth-order valence-corrected chi connectivity index (χ4v) is 5.98. The minimum absolute atomic E-state index is 0.00268. The molecule has 4 atom stereocenters. The van der Waals surface area contributed by atoms with E-state index in [0.717, 1.165) is 22.3 Å². The van der Waals surface area contributed by atoms with Crippen molar-refractivity contribution >= 4 is 50.8 Å². The number of fused-ring (bicyclic) bond motifs is 1. The van der Waals surface area contributed by atoms with Gasteiger partial charge in [-0.25, -0.2) is 27.0 Å². The van der Waals surface area contributed by atoms with Crippen LogP contribution in [0.5, 0.6) is 5.75 Å². The molecule has 5 rings (SSSR count). The molecule has 1 unspecified atom stereocenters. The summed E-state index contributed by atoms with van der Waals surface area (Å²) in [6, 6.07) is 19.3. The van der Waals surface area contributed by atoms with E-state index >= 15 is 0 Å². The van der Waals surface area contributed by atoms with Crippen LogP contribution in [0.2, 0.25) is 0 Å². The van der Waals surface area contributed by atoms with E-state index in [1.54, 1.807) is 56.4 Å². The highest BCUT2D eigenvalue weighted by molar-refractivity contribution is 7.90. The van der Waals surface area contributed by atoms with Gasteiger partial charge in [-0.3, -0.25) is 9.59 Å². The normalized spacial score (nSPS) is 13.7. The molecule has 0 radical (unpaired) electrons. The Balaban J connectivity index is 1.42. The standard InChI is InChI=1S/C38H41FN6O8S/c1-7-22(2)34(40)36(47)52-24(4)53-38(48)45(31-18-17-30(54(6,49)50)20-32(31)51-5)37-42-33-19-12-27(21-44(33)43-37)26-10-15-29(16-11-26)41-35(46)23(3)25-8-13-28(39)14-9-25/h8-24,34H,7,40H2,1-6H3,(H,41,46)/t22-,23+,24?,34-/m0/s1. The minimum atomic E-state index is -3.64. The average Bonchev–Trinajstić information content (AvgIpc) is 3.56. The molecule has 284 valence electrons. The monoisotopic (exact) mass is 760 g/mol. The number of hydrogen-bond acceptors (Lipinski definition) is 11. The van der Waals surface area contributed by atoms with E-state index in [-0.39, 0.29) is 39.9 Å². The maximum atomic E-state index is 13.8. The predicted molar refractivity (Wildman–Crippen MR) is 200 cm³/mol. The van der Waals surface area contributed by atoms with Crippen LogP contribution < -0.4 is 20.7 Å². The molecule has 16 heteroatoms. The quantitative estimate of drug-likeness (QED) is 0.102. The van der Waals surface area contributed by atoms with Crippen LogP contribution in [0.3, 0.4) is 0 Å². The van der Waals surface area contributed by atoms with E-state index in [1.165, 1.54) is 48.9 Å². The number of carbonyl (C=O) groups excluding carboxylic acids is 3. The fraction of sp³-hybridized carbons (Fsp3) is 0.289. The Morgan fingerprint density at radius 2 is 1.61 bits per heavy atom. The molecular weight excluding hydrogens is 720 g/mol. The van der Waals surface area contributed by atoms with Crippen LogP contribution in [0.15, 0.2) is 90.0 Å². The van der Waals surface area contributed by atoms with E-state index in [4.69, 9.17) is 19.9 Å². The lowest BCUT2D eigenvalue weighted by atomic mass is 10.00. The third kappa shape index (κ3) is 9.01. The van der Waals surface area contributed by atoms with Crippen LogP contribution in [0.4, 0.5) is 26.5 Å². The number of ether oxygens (including phenoxy) is 3.